The number of hydrogen-bond acceptors (Lipinski definition) is 3. The predicted molar refractivity (Wildman–Crippen MR) is 88.0 cm³/mol. The number of piperazine rings is 1. The largest absolute Gasteiger partial charge is 0.328 e. The molecule has 4 heteroatoms. The summed E-state index contributed by atoms with van der Waals surface area (Å²) < 4.78 is 1.24. The Labute approximate surface area is 130 Å². The number of likely N-dealkylation sites (tertiary alicyclic amines) is 1. The maximum atomic E-state index is 5.75. The summed E-state index contributed by atoms with van der Waals surface area (Å²) in [6.07, 6.45) is 8.77. The lowest BCUT2D eigenvalue weighted by atomic mass is 9.66. The zero-order valence-electron chi connectivity index (χ0n) is 14.2. The summed E-state index contributed by atoms with van der Waals surface area (Å²) in [6, 6.07) is 0.861. The van der Waals surface area contributed by atoms with Gasteiger partial charge in [0.25, 0.3) is 0 Å². The normalized spacial score (nSPS) is 31.6. The molecule has 0 aromatic rings. The molecular formula is C17H35N4+. The standard InChI is InChI=1S/C17H35N4/c1-21(2)13-7-17(8-14-21)5-3-16(4-6-17)20-11-9-19(15-18)10-12-20/h16H,3-15,18H2,1-2H3/q+1. The first-order valence-corrected chi connectivity index (χ1v) is 9.01. The van der Waals surface area contributed by atoms with Crippen LogP contribution in [0.5, 0.6) is 0 Å². The summed E-state index contributed by atoms with van der Waals surface area (Å²) >= 11 is 0. The van der Waals surface area contributed by atoms with Gasteiger partial charge in [0.2, 0.25) is 0 Å². The summed E-state index contributed by atoms with van der Waals surface area (Å²) in [5.74, 6) is 0. The second kappa shape index (κ2) is 6.15. The molecule has 1 saturated carbocycles. The molecule has 21 heavy (non-hydrogen) atoms. The second-order valence-electron chi connectivity index (χ2n) is 8.45. The number of rotatable bonds is 2. The van der Waals surface area contributed by atoms with Gasteiger partial charge in [-0.1, -0.05) is 0 Å². The number of hydrogen-bond donors (Lipinski definition) is 1. The van der Waals surface area contributed by atoms with Crippen molar-refractivity contribution in [2.24, 2.45) is 11.1 Å². The van der Waals surface area contributed by atoms with Crippen LogP contribution in [0.15, 0.2) is 0 Å². The molecule has 2 heterocycles. The molecule has 122 valence electrons. The molecule has 0 aromatic heterocycles. The average molecular weight is 295 g/mol. The third kappa shape index (κ3) is 3.61. The van der Waals surface area contributed by atoms with Gasteiger partial charge in [0, 0.05) is 51.7 Å². The van der Waals surface area contributed by atoms with Crippen molar-refractivity contribution in [3.05, 3.63) is 0 Å². The van der Waals surface area contributed by atoms with E-state index < -0.39 is 0 Å². The lowest BCUT2D eigenvalue weighted by molar-refractivity contribution is -0.897. The van der Waals surface area contributed by atoms with Gasteiger partial charge in [-0.05, 0) is 31.1 Å². The molecule has 4 nitrogen and oxygen atoms in total. The molecule has 0 aromatic carbocycles. The fraction of sp³-hybridized carbons (Fsp3) is 1.00. The minimum absolute atomic E-state index is 0.712. The summed E-state index contributed by atoms with van der Waals surface area (Å²) in [4.78, 5) is 5.13. The lowest BCUT2D eigenvalue weighted by Gasteiger charge is -2.50. The van der Waals surface area contributed by atoms with Crippen molar-refractivity contribution in [1.29, 1.82) is 0 Å². The van der Waals surface area contributed by atoms with Crippen LogP contribution in [0.1, 0.15) is 38.5 Å². The number of quaternary nitrogens is 1. The van der Waals surface area contributed by atoms with Crippen LogP contribution in [0.4, 0.5) is 0 Å². The maximum absolute atomic E-state index is 5.75. The highest BCUT2D eigenvalue weighted by Gasteiger charge is 2.42. The monoisotopic (exact) mass is 295 g/mol. The Hall–Kier alpha value is -0.160. The Morgan fingerprint density at radius 1 is 0.952 bits per heavy atom. The van der Waals surface area contributed by atoms with Gasteiger partial charge in [-0.3, -0.25) is 9.80 Å². The van der Waals surface area contributed by atoms with Crippen LogP contribution in [0.25, 0.3) is 0 Å². The molecule has 2 aliphatic heterocycles. The van der Waals surface area contributed by atoms with Crippen molar-refractivity contribution in [3.63, 3.8) is 0 Å². The summed E-state index contributed by atoms with van der Waals surface area (Å²) in [7, 11) is 4.80. The first-order chi connectivity index (χ1) is 10.0. The average Bonchev–Trinajstić information content (AvgIpc) is 2.52. The van der Waals surface area contributed by atoms with E-state index >= 15 is 0 Å². The van der Waals surface area contributed by atoms with Crippen LogP contribution >= 0.6 is 0 Å². The van der Waals surface area contributed by atoms with Crippen molar-refractivity contribution in [2.75, 3.05) is 60.0 Å². The molecule has 0 amide bonds. The molecule has 0 radical (unpaired) electrons. The van der Waals surface area contributed by atoms with Gasteiger partial charge in [0.1, 0.15) is 0 Å². The van der Waals surface area contributed by atoms with E-state index in [9.17, 15) is 0 Å². The van der Waals surface area contributed by atoms with Gasteiger partial charge in [-0.25, -0.2) is 0 Å². The van der Waals surface area contributed by atoms with E-state index in [1.165, 1.54) is 82.3 Å². The molecule has 2 N–H and O–H groups in total. The van der Waals surface area contributed by atoms with E-state index in [1.54, 1.807) is 0 Å². The third-order valence-electron chi connectivity index (χ3n) is 6.69. The van der Waals surface area contributed by atoms with E-state index in [0.29, 0.717) is 5.41 Å². The fourth-order valence-corrected chi connectivity index (χ4v) is 4.71. The number of nitrogens with zero attached hydrogens (tertiary/aromatic N) is 3. The summed E-state index contributed by atoms with van der Waals surface area (Å²) in [5, 5.41) is 0. The molecule has 1 aliphatic carbocycles. The molecular weight excluding hydrogens is 260 g/mol. The predicted octanol–water partition coefficient (Wildman–Crippen LogP) is 1.32. The Morgan fingerprint density at radius 3 is 2.05 bits per heavy atom. The van der Waals surface area contributed by atoms with Crippen molar-refractivity contribution in [2.45, 2.75) is 44.6 Å². The smallest absolute Gasteiger partial charge is 0.0787 e. The quantitative estimate of drug-likeness (QED) is 0.780. The fourth-order valence-electron chi connectivity index (χ4n) is 4.71. The topological polar surface area (TPSA) is 32.5 Å². The van der Waals surface area contributed by atoms with E-state index in [4.69, 9.17) is 5.73 Å². The molecule has 0 unspecified atom stereocenters. The molecule has 2 saturated heterocycles. The first kappa shape index (κ1) is 15.7. The van der Waals surface area contributed by atoms with Gasteiger partial charge >= 0.3 is 0 Å². The van der Waals surface area contributed by atoms with Gasteiger partial charge in [-0.15, -0.1) is 0 Å². The second-order valence-corrected chi connectivity index (χ2v) is 8.45. The summed E-state index contributed by atoms with van der Waals surface area (Å²) in [6.45, 7) is 8.32. The number of nitrogens with two attached hydrogens (primary N) is 1. The van der Waals surface area contributed by atoms with Gasteiger partial charge in [0.15, 0.2) is 0 Å². The third-order valence-corrected chi connectivity index (χ3v) is 6.69. The van der Waals surface area contributed by atoms with Gasteiger partial charge < -0.3 is 10.2 Å². The van der Waals surface area contributed by atoms with Crippen molar-refractivity contribution in [3.8, 4) is 0 Å². The van der Waals surface area contributed by atoms with Gasteiger partial charge in [-0.2, -0.15) is 0 Å². The Kier molecular flexibility index (Phi) is 4.60. The maximum Gasteiger partial charge on any atom is 0.0787 e. The minimum atomic E-state index is 0.712. The highest BCUT2D eigenvalue weighted by atomic mass is 15.3. The molecule has 3 aliphatic rings. The number of piperidine rings is 1. The van der Waals surface area contributed by atoms with Crippen LogP contribution in [-0.4, -0.2) is 80.4 Å². The van der Waals surface area contributed by atoms with E-state index in [2.05, 4.69) is 23.9 Å². The lowest BCUT2D eigenvalue weighted by Crippen LogP contribution is -2.54. The van der Waals surface area contributed by atoms with Crippen LogP contribution in [-0.2, 0) is 0 Å². The van der Waals surface area contributed by atoms with E-state index in [-0.39, 0.29) is 0 Å². The van der Waals surface area contributed by atoms with Crippen LogP contribution in [0.2, 0.25) is 0 Å². The SMILES string of the molecule is C[N+]1(C)CCC2(CCC(N3CCN(CN)CC3)CC2)CC1. The Balaban J connectivity index is 1.47. The van der Waals surface area contributed by atoms with Gasteiger partial charge in [0.05, 0.1) is 27.2 Å². The van der Waals surface area contributed by atoms with E-state index in [0.717, 1.165) is 12.7 Å². The Bertz CT molecular complexity index is 327. The molecule has 0 atom stereocenters. The Morgan fingerprint density at radius 2 is 1.52 bits per heavy atom. The van der Waals surface area contributed by atoms with Crippen LogP contribution in [0.3, 0.4) is 0 Å². The molecule has 3 rings (SSSR count). The highest BCUT2D eigenvalue weighted by Crippen LogP contribution is 2.46. The van der Waals surface area contributed by atoms with Crippen molar-refractivity contribution < 1.29 is 4.48 Å². The molecule has 1 spiro atoms. The highest BCUT2D eigenvalue weighted by molar-refractivity contribution is 4.91. The van der Waals surface area contributed by atoms with Crippen molar-refractivity contribution >= 4 is 0 Å². The minimum Gasteiger partial charge on any atom is -0.328 e. The zero-order valence-corrected chi connectivity index (χ0v) is 14.2. The molecule has 3 fully saturated rings. The van der Waals surface area contributed by atoms with Crippen LogP contribution < -0.4 is 5.73 Å². The van der Waals surface area contributed by atoms with Crippen LogP contribution in [0, 0.1) is 5.41 Å². The van der Waals surface area contributed by atoms with Crippen molar-refractivity contribution in [1.82, 2.24) is 9.80 Å². The van der Waals surface area contributed by atoms with E-state index in [1.807, 2.05) is 0 Å². The molecule has 0 bridgehead atoms. The first-order valence-electron chi connectivity index (χ1n) is 9.01. The zero-order chi connectivity index (χ0) is 14.9. The summed E-state index contributed by atoms with van der Waals surface area (Å²) in [5.41, 5.74) is 6.46.